The van der Waals surface area contributed by atoms with Crippen LogP contribution in [0.4, 0.5) is 10.5 Å². The highest BCUT2D eigenvalue weighted by Gasteiger charge is 2.31. The highest BCUT2D eigenvalue weighted by Crippen LogP contribution is 2.34. The van der Waals surface area contributed by atoms with E-state index in [4.69, 9.17) is 9.47 Å². The van der Waals surface area contributed by atoms with Crippen LogP contribution in [0.3, 0.4) is 0 Å². The molecule has 134 valence electrons. The van der Waals surface area contributed by atoms with E-state index in [1.807, 2.05) is 9.80 Å². The van der Waals surface area contributed by atoms with Gasteiger partial charge in [-0.15, -0.1) is 0 Å². The van der Waals surface area contributed by atoms with E-state index in [1.54, 1.807) is 18.2 Å². The Morgan fingerprint density at radius 2 is 1.76 bits per heavy atom. The number of benzene rings is 1. The predicted molar refractivity (Wildman–Crippen MR) is 91.7 cm³/mol. The molecule has 0 saturated carbocycles. The van der Waals surface area contributed by atoms with E-state index in [0.717, 1.165) is 45.3 Å². The van der Waals surface area contributed by atoms with E-state index in [9.17, 15) is 9.59 Å². The predicted octanol–water partition coefficient (Wildman–Crippen LogP) is 2.28. The number of anilines is 1. The van der Waals surface area contributed by atoms with Crippen molar-refractivity contribution < 1.29 is 19.1 Å². The second-order valence-electron chi connectivity index (χ2n) is 6.82. The average Bonchev–Trinajstić information content (AvgIpc) is 3.32. The van der Waals surface area contributed by atoms with E-state index in [2.05, 4.69) is 5.32 Å². The molecule has 0 spiro atoms. The summed E-state index contributed by atoms with van der Waals surface area (Å²) in [6.45, 7) is 3.12. The molecule has 0 radical (unpaired) electrons. The Hall–Kier alpha value is -2.44. The minimum atomic E-state index is -0.175. The molecule has 1 unspecified atom stereocenters. The zero-order valence-corrected chi connectivity index (χ0v) is 14.2. The fourth-order valence-corrected chi connectivity index (χ4v) is 3.69. The molecule has 3 amide bonds. The van der Waals surface area contributed by atoms with Crippen molar-refractivity contribution in [1.29, 1.82) is 0 Å². The van der Waals surface area contributed by atoms with Crippen LogP contribution in [0.25, 0.3) is 0 Å². The van der Waals surface area contributed by atoms with Crippen molar-refractivity contribution in [3.05, 3.63) is 18.2 Å². The number of carbonyl (C=O) groups is 2. The molecule has 0 bridgehead atoms. The zero-order valence-electron chi connectivity index (χ0n) is 14.2. The maximum absolute atomic E-state index is 12.6. The number of hydrogen-bond donors (Lipinski definition) is 1. The van der Waals surface area contributed by atoms with Crippen LogP contribution in [0.5, 0.6) is 11.5 Å². The number of likely N-dealkylation sites (tertiary alicyclic amines) is 2. The first kappa shape index (κ1) is 16.1. The molecule has 2 fully saturated rings. The average molecular weight is 345 g/mol. The number of urea groups is 1. The highest BCUT2D eigenvalue weighted by molar-refractivity contribution is 5.93. The van der Waals surface area contributed by atoms with Gasteiger partial charge < -0.3 is 24.6 Å². The quantitative estimate of drug-likeness (QED) is 0.893. The van der Waals surface area contributed by atoms with E-state index in [0.29, 0.717) is 23.7 Å². The van der Waals surface area contributed by atoms with Gasteiger partial charge in [0.2, 0.25) is 12.7 Å². The van der Waals surface area contributed by atoms with Gasteiger partial charge in [-0.05, 0) is 37.8 Å². The lowest BCUT2D eigenvalue weighted by Gasteiger charge is -2.34. The molecule has 25 heavy (non-hydrogen) atoms. The number of rotatable bonds is 2. The van der Waals surface area contributed by atoms with E-state index in [1.165, 1.54) is 0 Å². The van der Waals surface area contributed by atoms with E-state index >= 15 is 0 Å². The van der Waals surface area contributed by atoms with Crippen LogP contribution in [0.2, 0.25) is 0 Å². The number of ether oxygens (including phenoxy) is 2. The van der Waals surface area contributed by atoms with Crippen LogP contribution in [0.1, 0.15) is 25.7 Å². The fraction of sp³-hybridized carbons (Fsp3) is 0.556. The number of nitrogens with one attached hydrogen (secondary N) is 1. The van der Waals surface area contributed by atoms with Crippen molar-refractivity contribution in [3.8, 4) is 11.5 Å². The van der Waals surface area contributed by atoms with Crippen molar-refractivity contribution in [3.63, 3.8) is 0 Å². The Balaban J connectivity index is 1.37. The van der Waals surface area contributed by atoms with Gasteiger partial charge in [0, 0.05) is 37.9 Å². The molecule has 2 saturated heterocycles. The molecule has 3 aliphatic rings. The van der Waals surface area contributed by atoms with Gasteiger partial charge in [-0.25, -0.2) is 4.79 Å². The van der Waals surface area contributed by atoms with Crippen molar-refractivity contribution in [2.75, 3.05) is 38.3 Å². The number of amides is 3. The molecule has 1 N–H and O–H groups in total. The normalized spacial score (nSPS) is 22.2. The van der Waals surface area contributed by atoms with Crippen molar-refractivity contribution >= 4 is 17.6 Å². The largest absolute Gasteiger partial charge is 0.454 e. The van der Waals surface area contributed by atoms with Crippen LogP contribution in [0, 0.1) is 5.92 Å². The number of piperidine rings is 1. The van der Waals surface area contributed by atoms with Gasteiger partial charge in [0.25, 0.3) is 0 Å². The summed E-state index contributed by atoms with van der Waals surface area (Å²) in [5, 5.41) is 2.94. The summed E-state index contributed by atoms with van der Waals surface area (Å²) >= 11 is 0. The third kappa shape index (κ3) is 3.36. The van der Waals surface area contributed by atoms with Gasteiger partial charge in [0.15, 0.2) is 11.5 Å². The molecular formula is C18H23N3O4. The molecule has 1 aromatic rings. The lowest BCUT2D eigenvalue weighted by molar-refractivity contribution is -0.121. The minimum absolute atomic E-state index is 0.0437. The summed E-state index contributed by atoms with van der Waals surface area (Å²) in [7, 11) is 0. The lowest BCUT2D eigenvalue weighted by atomic mass is 9.97. The zero-order chi connectivity index (χ0) is 17.2. The minimum Gasteiger partial charge on any atom is -0.454 e. The number of nitrogens with zero attached hydrogens (tertiary/aromatic N) is 2. The summed E-state index contributed by atoms with van der Waals surface area (Å²) in [5.74, 6) is 1.12. The summed E-state index contributed by atoms with van der Waals surface area (Å²) in [5.41, 5.74) is 0.692. The van der Waals surface area contributed by atoms with Crippen molar-refractivity contribution in [1.82, 2.24) is 9.80 Å². The molecule has 3 aliphatic heterocycles. The van der Waals surface area contributed by atoms with Crippen molar-refractivity contribution in [2.45, 2.75) is 25.7 Å². The first-order chi connectivity index (χ1) is 12.2. The molecule has 4 rings (SSSR count). The Morgan fingerprint density at radius 1 is 1.00 bits per heavy atom. The van der Waals surface area contributed by atoms with Crippen LogP contribution < -0.4 is 14.8 Å². The lowest BCUT2D eigenvalue weighted by Crippen LogP contribution is -2.48. The third-order valence-electron chi connectivity index (χ3n) is 5.08. The van der Waals surface area contributed by atoms with Gasteiger partial charge in [-0.3, -0.25) is 4.79 Å². The molecule has 3 heterocycles. The molecule has 7 nitrogen and oxygen atoms in total. The summed E-state index contributed by atoms with van der Waals surface area (Å²) < 4.78 is 10.6. The molecule has 1 aromatic carbocycles. The Morgan fingerprint density at radius 3 is 2.60 bits per heavy atom. The summed E-state index contributed by atoms with van der Waals surface area (Å²) in [6, 6.07) is 5.46. The number of fused-ring (bicyclic) bond motifs is 1. The van der Waals surface area contributed by atoms with Crippen LogP contribution in [-0.2, 0) is 4.79 Å². The Kier molecular flexibility index (Phi) is 4.38. The van der Waals surface area contributed by atoms with Crippen LogP contribution in [-0.4, -0.2) is 54.7 Å². The maximum Gasteiger partial charge on any atom is 0.320 e. The van der Waals surface area contributed by atoms with Gasteiger partial charge >= 0.3 is 6.03 Å². The summed E-state index contributed by atoms with van der Waals surface area (Å²) in [4.78, 5) is 28.9. The standard InChI is InChI=1S/C18H23N3O4/c22-17(19-14-5-6-15-16(10-14)25-12-24-15)13-4-3-9-21(11-13)18(23)20-7-1-2-8-20/h5-6,10,13H,1-4,7-9,11-12H2,(H,19,22). The monoisotopic (exact) mass is 345 g/mol. The topological polar surface area (TPSA) is 71.1 Å². The number of hydrogen-bond acceptors (Lipinski definition) is 4. The van der Waals surface area contributed by atoms with Gasteiger partial charge in [0.1, 0.15) is 0 Å². The second-order valence-corrected chi connectivity index (χ2v) is 6.82. The molecule has 0 aliphatic carbocycles. The Bertz CT molecular complexity index is 672. The van der Waals surface area contributed by atoms with Crippen molar-refractivity contribution in [2.24, 2.45) is 5.92 Å². The van der Waals surface area contributed by atoms with Gasteiger partial charge in [0.05, 0.1) is 5.92 Å². The molecule has 0 aromatic heterocycles. The maximum atomic E-state index is 12.6. The fourth-order valence-electron chi connectivity index (χ4n) is 3.69. The van der Waals surface area contributed by atoms with E-state index < -0.39 is 0 Å². The third-order valence-corrected chi connectivity index (χ3v) is 5.08. The molecular weight excluding hydrogens is 322 g/mol. The SMILES string of the molecule is O=C(Nc1ccc2c(c1)OCO2)C1CCCN(C(=O)N2CCCC2)C1. The van der Waals surface area contributed by atoms with Gasteiger partial charge in [-0.2, -0.15) is 0 Å². The van der Waals surface area contributed by atoms with Crippen LogP contribution in [0.15, 0.2) is 18.2 Å². The second kappa shape index (κ2) is 6.82. The first-order valence-corrected chi connectivity index (χ1v) is 8.95. The molecule has 7 heteroatoms. The van der Waals surface area contributed by atoms with Crippen LogP contribution >= 0.6 is 0 Å². The van der Waals surface area contributed by atoms with Gasteiger partial charge in [-0.1, -0.05) is 0 Å². The smallest absolute Gasteiger partial charge is 0.320 e. The number of carbonyl (C=O) groups excluding carboxylic acids is 2. The summed E-state index contributed by atoms with van der Waals surface area (Å²) in [6.07, 6.45) is 3.82. The van der Waals surface area contributed by atoms with E-state index in [-0.39, 0.29) is 24.6 Å². The highest BCUT2D eigenvalue weighted by atomic mass is 16.7. The Labute approximate surface area is 146 Å². The molecule has 1 atom stereocenters. The first-order valence-electron chi connectivity index (χ1n) is 8.95.